The van der Waals surface area contributed by atoms with Crippen molar-refractivity contribution < 1.29 is 4.74 Å². The number of pyridine rings is 1. The van der Waals surface area contributed by atoms with Gasteiger partial charge < -0.3 is 4.74 Å². The molecule has 0 saturated heterocycles. The lowest BCUT2D eigenvalue weighted by molar-refractivity contribution is 0.394. The van der Waals surface area contributed by atoms with Gasteiger partial charge in [0.1, 0.15) is 11.7 Å². The zero-order valence-corrected chi connectivity index (χ0v) is 6.64. The summed E-state index contributed by atoms with van der Waals surface area (Å²) >= 11 is 3.92. The molecule has 0 amide bonds. The Labute approximate surface area is 65.6 Å². The molecule has 0 N–H and O–H groups in total. The minimum absolute atomic E-state index is 0.406. The molecule has 1 rings (SSSR count). The molecule has 0 bridgehead atoms. The number of nitrogens with zero attached hydrogens (tertiary/aromatic N) is 1. The smallest absolute Gasteiger partial charge is 0.131 e. The van der Waals surface area contributed by atoms with E-state index in [2.05, 4.69) is 17.6 Å². The molecule has 1 aromatic rings. The highest BCUT2D eigenvalue weighted by Gasteiger charge is 1.90. The number of hydrogen-bond donors (Lipinski definition) is 1. The van der Waals surface area contributed by atoms with E-state index in [0.717, 1.165) is 11.4 Å². The van der Waals surface area contributed by atoms with Crippen LogP contribution in [0.25, 0.3) is 0 Å². The monoisotopic (exact) mass is 155 g/mol. The van der Waals surface area contributed by atoms with Gasteiger partial charge in [-0.15, -0.1) is 12.6 Å². The fourth-order valence-electron chi connectivity index (χ4n) is 0.684. The minimum atomic E-state index is 0.406. The van der Waals surface area contributed by atoms with Crippen molar-refractivity contribution in [1.29, 1.82) is 0 Å². The van der Waals surface area contributed by atoms with E-state index in [9.17, 15) is 0 Å². The summed E-state index contributed by atoms with van der Waals surface area (Å²) in [6.45, 7) is 1.92. The van der Waals surface area contributed by atoms with Crippen LogP contribution in [0.1, 0.15) is 5.69 Å². The molecule has 0 spiro atoms. The summed E-state index contributed by atoms with van der Waals surface area (Å²) in [7, 11) is 0. The molecule has 0 aliphatic heterocycles. The number of ether oxygens (including phenoxy) is 1. The van der Waals surface area contributed by atoms with Crippen LogP contribution in [0.3, 0.4) is 0 Å². The first-order chi connectivity index (χ1) is 4.83. The molecule has 0 atom stereocenters. The van der Waals surface area contributed by atoms with E-state index in [0.29, 0.717) is 5.94 Å². The molecule has 54 valence electrons. The van der Waals surface area contributed by atoms with E-state index >= 15 is 0 Å². The number of thiol groups is 1. The van der Waals surface area contributed by atoms with Gasteiger partial charge in [0.05, 0.1) is 0 Å². The second-order valence-corrected chi connectivity index (χ2v) is 2.16. The van der Waals surface area contributed by atoms with E-state index in [4.69, 9.17) is 4.74 Å². The third-order valence-electron chi connectivity index (χ3n) is 1.10. The first-order valence-corrected chi connectivity index (χ1v) is 3.62. The fraction of sp³-hybridized carbons (Fsp3) is 0.286. The topological polar surface area (TPSA) is 22.1 Å². The zero-order chi connectivity index (χ0) is 7.40. The fourth-order valence-corrected chi connectivity index (χ4v) is 0.833. The van der Waals surface area contributed by atoms with Gasteiger partial charge >= 0.3 is 0 Å². The Morgan fingerprint density at radius 2 is 2.50 bits per heavy atom. The molecule has 1 aromatic heterocycles. The first-order valence-electron chi connectivity index (χ1n) is 2.99. The minimum Gasteiger partial charge on any atom is -0.483 e. The van der Waals surface area contributed by atoms with Crippen LogP contribution in [-0.4, -0.2) is 10.9 Å². The summed E-state index contributed by atoms with van der Waals surface area (Å²) in [5.41, 5.74) is 0.958. The highest BCUT2D eigenvalue weighted by molar-refractivity contribution is 7.80. The Morgan fingerprint density at radius 1 is 1.70 bits per heavy atom. The maximum absolute atomic E-state index is 5.11. The highest BCUT2D eigenvalue weighted by atomic mass is 32.1. The highest BCUT2D eigenvalue weighted by Crippen LogP contribution is 2.09. The number of aromatic nitrogens is 1. The largest absolute Gasteiger partial charge is 0.483 e. The molecule has 0 fully saturated rings. The van der Waals surface area contributed by atoms with Crippen LogP contribution in [0.15, 0.2) is 18.3 Å². The van der Waals surface area contributed by atoms with Gasteiger partial charge in [-0.05, 0) is 13.0 Å². The predicted molar refractivity (Wildman–Crippen MR) is 43.5 cm³/mol. The van der Waals surface area contributed by atoms with Crippen LogP contribution in [0, 0.1) is 6.92 Å². The molecule has 10 heavy (non-hydrogen) atoms. The van der Waals surface area contributed by atoms with Crippen molar-refractivity contribution in [1.82, 2.24) is 4.98 Å². The lowest BCUT2D eigenvalue weighted by atomic mass is 10.4. The maximum atomic E-state index is 5.11. The van der Waals surface area contributed by atoms with Crippen LogP contribution in [0.5, 0.6) is 5.75 Å². The second kappa shape index (κ2) is 3.46. The van der Waals surface area contributed by atoms with Gasteiger partial charge in [0.25, 0.3) is 0 Å². The molecule has 3 heteroatoms. The normalized spacial score (nSPS) is 9.40. The molecular formula is C7H9NOS. The molecule has 0 aromatic carbocycles. The maximum Gasteiger partial charge on any atom is 0.131 e. The molecule has 0 radical (unpaired) electrons. The Hall–Kier alpha value is -0.700. The molecule has 0 aliphatic carbocycles. The summed E-state index contributed by atoms with van der Waals surface area (Å²) < 4.78 is 5.11. The molecule has 0 unspecified atom stereocenters. The van der Waals surface area contributed by atoms with Gasteiger partial charge in [-0.2, -0.15) is 0 Å². The second-order valence-electron chi connectivity index (χ2n) is 1.91. The van der Waals surface area contributed by atoms with Crippen LogP contribution in [-0.2, 0) is 0 Å². The lowest BCUT2D eigenvalue weighted by Crippen LogP contribution is -1.89. The van der Waals surface area contributed by atoms with E-state index in [1.807, 2.05) is 19.1 Å². The quantitative estimate of drug-likeness (QED) is 0.518. The summed E-state index contributed by atoms with van der Waals surface area (Å²) in [6, 6.07) is 3.68. The Morgan fingerprint density at radius 3 is 3.10 bits per heavy atom. The predicted octanol–water partition coefficient (Wildman–Crippen LogP) is 1.66. The number of rotatable bonds is 2. The third kappa shape index (κ3) is 1.92. The van der Waals surface area contributed by atoms with Gasteiger partial charge in [-0.3, -0.25) is 4.98 Å². The molecule has 0 aliphatic rings. The van der Waals surface area contributed by atoms with Gasteiger partial charge in [0.2, 0.25) is 0 Å². The van der Waals surface area contributed by atoms with Crippen LogP contribution >= 0.6 is 12.6 Å². The lowest BCUT2D eigenvalue weighted by Gasteiger charge is -2.00. The Bertz CT molecular complexity index is 215. The van der Waals surface area contributed by atoms with Gasteiger partial charge in [0.15, 0.2) is 0 Å². The van der Waals surface area contributed by atoms with Crippen LogP contribution in [0.4, 0.5) is 0 Å². The molecule has 2 nitrogen and oxygen atoms in total. The van der Waals surface area contributed by atoms with Crippen molar-refractivity contribution >= 4 is 12.6 Å². The standard InChI is InChI=1S/C7H9NOS/c1-6-4-7(9-5-10)2-3-8-6/h2-4,10H,5H2,1H3. The van der Waals surface area contributed by atoms with Crippen molar-refractivity contribution in [2.75, 3.05) is 5.94 Å². The van der Waals surface area contributed by atoms with E-state index in [1.54, 1.807) is 6.20 Å². The van der Waals surface area contributed by atoms with Crippen LogP contribution in [0.2, 0.25) is 0 Å². The van der Waals surface area contributed by atoms with Crippen molar-refractivity contribution in [3.05, 3.63) is 24.0 Å². The van der Waals surface area contributed by atoms with E-state index in [1.165, 1.54) is 0 Å². The summed E-state index contributed by atoms with van der Waals surface area (Å²) in [4.78, 5) is 4.02. The Balaban J connectivity index is 2.75. The van der Waals surface area contributed by atoms with Crippen LogP contribution < -0.4 is 4.74 Å². The van der Waals surface area contributed by atoms with Crippen molar-refractivity contribution in [2.45, 2.75) is 6.92 Å². The zero-order valence-electron chi connectivity index (χ0n) is 5.74. The average Bonchev–Trinajstić information content (AvgIpc) is 1.88. The SMILES string of the molecule is Cc1cc(OCS)ccn1. The molecular weight excluding hydrogens is 146 g/mol. The van der Waals surface area contributed by atoms with Gasteiger partial charge in [0, 0.05) is 18.0 Å². The van der Waals surface area contributed by atoms with Crippen molar-refractivity contribution in [3.63, 3.8) is 0 Å². The average molecular weight is 155 g/mol. The Kier molecular flexibility index (Phi) is 2.57. The third-order valence-corrected chi connectivity index (χ3v) is 1.23. The number of aryl methyl sites for hydroxylation is 1. The van der Waals surface area contributed by atoms with E-state index in [-0.39, 0.29) is 0 Å². The van der Waals surface area contributed by atoms with Crippen molar-refractivity contribution in [2.24, 2.45) is 0 Å². The summed E-state index contributed by atoms with van der Waals surface area (Å²) in [5, 5.41) is 0. The molecule has 0 saturated carbocycles. The van der Waals surface area contributed by atoms with Gasteiger partial charge in [-0.1, -0.05) is 0 Å². The number of hydrogen-bond acceptors (Lipinski definition) is 3. The van der Waals surface area contributed by atoms with E-state index < -0.39 is 0 Å². The van der Waals surface area contributed by atoms with Gasteiger partial charge in [-0.25, -0.2) is 0 Å². The summed E-state index contributed by atoms with van der Waals surface area (Å²) in [5.74, 6) is 1.23. The first kappa shape index (κ1) is 7.41. The molecule has 1 heterocycles. The summed E-state index contributed by atoms with van der Waals surface area (Å²) in [6.07, 6.45) is 1.72. The van der Waals surface area contributed by atoms with Crippen molar-refractivity contribution in [3.8, 4) is 5.75 Å².